The number of carbonyl (C=O) groups excluding carboxylic acids is 1. The summed E-state index contributed by atoms with van der Waals surface area (Å²) in [7, 11) is 0. The van der Waals surface area contributed by atoms with E-state index in [1.54, 1.807) is 0 Å². The molecule has 104 valence electrons. The number of hydrogen-bond donors (Lipinski definition) is 3. The molecule has 5 heteroatoms. The zero-order valence-electron chi connectivity index (χ0n) is 11.0. The average Bonchev–Trinajstić information content (AvgIpc) is 2.74. The fraction of sp³-hybridized carbons (Fsp3) is 0.923. The maximum Gasteiger partial charge on any atom is 0.409 e. The van der Waals surface area contributed by atoms with Crippen LogP contribution in [0.4, 0.5) is 4.79 Å². The topological polar surface area (TPSA) is 62.4 Å². The summed E-state index contributed by atoms with van der Waals surface area (Å²) < 4.78 is 5.41. The van der Waals surface area contributed by atoms with Gasteiger partial charge in [0, 0.05) is 0 Å². The van der Waals surface area contributed by atoms with Gasteiger partial charge in [-0.15, -0.1) is 0 Å². The van der Waals surface area contributed by atoms with Crippen LogP contribution < -0.4 is 16.0 Å². The van der Waals surface area contributed by atoms with Gasteiger partial charge in [-0.1, -0.05) is 19.3 Å². The highest BCUT2D eigenvalue weighted by atomic mass is 16.6. The SMILES string of the molecule is O=C(NC1CCCCCN1)OC1CCCCCN1. The molecule has 0 aromatic rings. The summed E-state index contributed by atoms with van der Waals surface area (Å²) in [5, 5.41) is 9.50. The first-order valence-electron chi connectivity index (χ1n) is 7.28. The molecule has 0 aliphatic carbocycles. The third kappa shape index (κ3) is 4.82. The van der Waals surface area contributed by atoms with Gasteiger partial charge in [-0.25, -0.2) is 4.79 Å². The zero-order valence-corrected chi connectivity index (χ0v) is 11.0. The summed E-state index contributed by atoms with van der Waals surface area (Å²) in [5.41, 5.74) is 0. The molecule has 0 radical (unpaired) electrons. The standard InChI is InChI=1S/C13H25N3O2/c17-13(16-11-7-3-1-5-9-14-11)18-12-8-4-2-6-10-15-12/h11-12,14-15H,1-10H2,(H,16,17). The lowest BCUT2D eigenvalue weighted by Crippen LogP contribution is -2.47. The fourth-order valence-electron chi connectivity index (χ4n) is 2.55. The van der Waals surface area contributed by atoms with E-state index in [-0.39, 0.29) is 18.5 Å². The van der Waals surface area contributed by atoms with Crippen LogP contribution in [0.2, 0.25) is 0 Å². The number of amides is 1. The molecule has 2 rings (SSSR count). The zero-order chi connectivity index (χ0) is 12.6. The molecule has 0 spiro atoms. The van der Waals surface area contributed by atoms with E-state index >= 15 is 0 Å². The molecule has 2 saturated heterocycles. The van der Waals surface area contributed by atoms with Gasteiger partial charge in [0.25, 0.3) is 0 Å². The Labute approximate surface area is 109 Å². The lowest BCUT2D eigenvalue weighted by molar-refractivity contribution is 0.0718. The summed E-state index contributed by atoms with van der Waals surface area (Å²) in [6.45, 7) is 1.92. The second-order valence-corrected chi connectivity index (χ2v) is 5.20. The van der Waals surface area contributed by atoms with Gasteiger partial charge < -0.3 is 10.1 Å². The third-order valence-electron chi connectivity index (χ3n) is 3.62. The van der Waals surface area contributed by atoms with Crippen LogP contribution in [0.15, 0.2) is 0 Å². The molecular formula is C13H25N3O2. The maximum absolute atomic E-state index is 11.8. The molecule has 3 N–H and O–H groups in total. The third-order valence-corrected chi connectivity index (χ3v) is 3.62. The van der Waals surface area contributed by atoms with Gasteiger partial charge in [0.15, 0.2) is 6.23 Å². The molecule has 2 atom stereocenters. The molecule has 5 nitrogen and oxygen atoms in total. The monoisotopic (exact) mass is 255 g/mol. The molecule has 2 heterocycles. The number of alkyl carbamates (subject to hydrolysis) is 1. The quantitative estimate of drug-likeness (QED) is 0.702. The summed E-state index contributed by atoms with van der Waals surface area (Å²) in [4.78, 5) is 11.8. The maximum atomic E-state index is 11.8. The predicted octanol–water partition coefficient (Wildman–Crippen LogP) is 1.69. The minimum Gasteiger partial charge on any atom is -0.430 e. The lowest BCUT2D eigenvalue weighted by Gasteiger charge is -2.21. The minimum absolute atomic E-state index is 0.0748. The van der Waals surface area contributed by atoms with Crippen molar-refractivity contribution in [2.24, 2.45) is 0 Å². The predicted molar refractivity (Wildman–Crippen MR) is 70.1 cm³/mol. The highest BCUT2D eigenvalue weighted by molar-refractivity contribution is 5.67. The van der Waals surface area contributed by atoms with Crippen molar-refractivity contribution in [2.45, 2.75) is 63.8 Å². The van der Waals surface area contributed by atoms with E-state index in [0.717, 1.165) is 32.4 Å². The molecule has 0 aromatic heterocycles. The van der Waals surface area contributed by atoms with Crippen molar-refractivity contribution in [3.8, 4) is 0 Å². The summed E-state index contributed by atoms with van der Waals surface area (Å²) in [6.07, 6.45) is 8.70. The van der Waals surface area contributed by atoms with Crippen molar-refractivity contribution in [2.75, 3.05) is 13.1 Å². The van der Waals surface area contributed by atoms with Gasteiger partial charge >= 0.3 is 6.09 Å². The first kappa shape index (κ1) is 13.6. The lowest BCUT2D eigenvalue weighted by atomic mass is 10.2. The van der Waals surface area contributed by atoms with Crippen LogP contribution in [0.3, 0.4) is 0 Å². The van der Waals surface area contributed by atoms with Crippen LogP contribution in [0.1, 0.15) is 51.4 Å². The average molecular weight is 255 g/mol. The van der Waals surface area contributed by atoms with Gasteiger partial charge in [0.2, 0.25) is 0 Å². The Morgan fingerprint density at radius 3 is 2.50 bits per heavy atom. The molecule has 0 saturated carbocycles. The van der Waals surface area contributed by atoms with Crippen LogP contribution in [-0.2, 0) is 4.74 Å². The van der Waals surface area contributed by atoms with E-state index in [0.29, 0.717) is 0 Å². The van der Waals surface area contributed by atoms with E-state index in [9.17, 15) is 4.79 Å². The molecule has 2 fully saturated rings. The van der Waals surface area contributed by atoms with Gasteiger partial charge in [-0.3, -0.25) is 10.6 Å². The van der Waals surface area contributed by atoms with Crippen molar-refractivity contribution in [3.05, 3.63) is 0 Å². The smallest absolute Gasteiger partial charge is 0.409 e. The molecule has 0 bridgehead atoms. The molecule has 18 heavy (non-hydrogen) atoms. The molecule has 2 aliphatic heterocycles. The fourth-order valence-corrected chi connectivity index (χ4v) is 2.55. The van der Waals surface area contributed by atoms with E-state index in [1.807, 2.05) is 0 Å². The highest BCUT2D eigenvalue weighted by Gasteiger charge is 2.19. The van der Waals surface area contributed by atoms with Crippen LogP contribution in [0, 0.1) is 0 Å². The molecule has 2 aliphatic rings. The van der Waals surface area contributed by atoms with Crippen LogP contribution in [0.25, 0.3) is 0 Å². The second kappa shape index (κ2) is 7.59. The molecule has 0 aromatic carbocycles. The van der Waals surface area contributed by atoms with Crippen LogP contribution in [0.5, 0.6) is 0 Å². The Morgan fingerprint density at radius 1 is 0.944 bits per heavy atom. The largest absolute Gasteiger partial charge is 0.430 e. The van der Waals surface area contributed by atoms with Gasteiger partial charge in [-0.05, 0) is 45.2 Å². The second-order valence-electron chi connectivity index (χ2n) is 5.20. The summed E-state index contributed by atoms with van der Waals surface area (Å²) in [5.74, 6) is 0. The van der Waals surface area contributed by atoms with Gasteiger partial charge in [0.1, 0.15) is 0 Å². The highest BCUT2D eigenvalue weighted by Crippen LogP contribution is 2.10. The summed E-state index contributed by atoms with van der Waals surface area (Å²) >= 11 is 0. The number of rotatable bonds is 2. The number of carbonyl (C=O) groups is 1. The van der Waals surface area contributed by atoms with E-state index in [2.05, 4.69) is 16.0 Å². The van der Waals surface area contributed by atoms with E-state index in [1.165, 1.54) is 32.1 Å². The van der Waals surface area contributed by atoms with Gasteiger partial charge in [0.05, 0.1) is 6.17 Å². The van der Waals surface area contributed by atoms with Crippen molar-refractivity contribution in [3.63, 3.8) is 0 Å². The Bertz CT molecular complexity index is 221. The number of hydrogen-bond acceptors (Lipinski definition) is 4. The normalized spacial score (nSPS) is 30.0. The summed E-state index contributed by atoms with van der Waals surface area (Å²) in [6, 6.07) is 0. The van der Waals surface area contributed by atoms with Gasteiger partial charge in [-0.2, -0.15) is 0 Å². The minimum atomic E-state index is -0.297. The Morgan fingerprint density at radius 2 is 1.67 bits per heavy atom. The van der Waals surface area contributed by atoms with Crippen molar-refractivity contribution in [1.29, 1.82) is 0 Å². The Balaban J connectivity index is 1.69. The number of nitrogens with one attached hydrogen (secondary N) is 3. The van der Waals surface area contributed by atoms with E-state index < -0.39 is 0 Å². The molecule has 2 unspecified atom stereocenters. The number of ether oxygens (including phenoxy) is 1. The van der Waals surface area contributed by atoms with Crippen molar-refractivity contribution in [1.82, 2.24) is 16.0 Å². The van der Waals surface area contributed by atoms with Crippen molar-refractivity contribution >= 4 is 6.09 Å². The van der Waals surface area contributed by atoms with Crippen LogP contribution >= 0.6 is 0 Å². The van der Waals surface area contributed by atoms with E-state index in [4.69, 9.17) is 4.74 Å². The van der Waals surface area contributed by atoms with Crippen LogP contribution in [-0.4, -0.2) is 31.6 Å². The molecule has 1 amide bonds. The first-order valence-corrected chi connectivity index (χ1v) is 7.28. The Kier molecular flexibility index (Phi) is 5.74. The molecular weight excluding hydrogens is 230 g/mol. The first-order chi connectivity index (χ1) is 8.84. The Hall–Kier alpha value is -0.810. The van der Waals surface area contributed by atoms with Crippen molar-refractivity contribution < 1.29 is 9.53 Å².